The van der Waals surface area contributed by atoms with Gasteiger partial charge in [-0.05, 0) is 36.2 Å². The zero-order chi connectivity index (χ0) is 23.7. The van der Waals surface area contributed by atoms with E-state index in [1.807, 2.05) is 6.92 Å². The second-order valence-corrected chi connectivity index (χ2v) is 6.78. The average Bonchev–Trinajstić information content (AvgIpc) is 2.80. The summed E-state index contributed by atoms with van der Waals surface area (Å²) in [7, 11) is 2.71. The van der Waals surface area contributed by atoms with E-state index < -0.39 is 17.7 Å². The molecule has 0 aliphatic rings. The number of aromatic hydroxyl groups is 1. The van der Waals surface area contributed by atoms with Crippen molar-refractivity contribution in [3.05, 3.63) is 72.3 Å². The summed E-state index contributed by atoms with van der Waals surface area (Å²) in [4.78, 5) is 26.1. The lowest BCUT2D eigenvalue weighted by atomic mass is 9.87. The van der Waals surface area contributed by atoms with Crippen LogP contribution in [0.25, 0.3) is 0 Å². The molecule has 1 atom stereocenters. The smallest absolute Gasteiger partial charge is 0.313 e. The van der Waals surface area contributed by atoms with Crippen molar-refractivity contribution in [1.82, 2.24) is 0 Å². The van der Waals surface area contributed by atoms with Gasteiger partial charge in [0, 0.05) is 11.6 Å². The number of carbonyl (C=O) groups is 2. The Labute approximate surface area is 187 Å². The van der Waals surface area contributed by atoms with Gasteiger partial charge in [-0.1, -0.05) is 32.2 Å². The molecular weight excluding hydrogens is 412 g/mol. The Hall–Kier alpha value is -3.74. The van der Waals surface area contributed by atoms with E-state index in [-0.39, 0.29) is 41.6 Å². The van der Waals surface area contributed by atoms with Crippen LogP contribution in [0.3, 0.4) is 0 Å². The number of methoxy groups -OCH3 is 2. The van der Waals surface area contributed by atoms with Crippen molar-refractivity contribution in [3.63, 3.8) is 0 Å². The molecule has 0 aromatic heterocycles. The Morgan fingerprint density at radius 3 is 2.28 bits per heavy atom. The van der Waals surface area contributed by atoms with Gasteiger partial charge >= 0.3 is 5.97 Å². The average molecular weight is 440 g/mol. The van der Waals surface area contributed by atoms with Crippen LogP contribution in [-0.4, -0.2) is 44.3 Å². The monoisotopic (exact) mass is 440 g/mol. The minimum Gasteiger partial charge on any atom is -0.504 e. The maximum atomic E-state index is 13.6. The van der Waals surface area contributed by atoms with Crippen molar-refractivity contribution in [2.75, 3.05) is 27.4 Å². The number of phenolic OH excluding ortho intramolecular Hbond substituents is 1. The largest absolute Gasteiger partial charge is 0.504 e. The Balaban J connectivity index is 2.75. The lowest BCUT2D eigenvalue weighted by molar-refractivity contribution is -0.142. The first-order valence-corrected chi connectivity index (χ1v) is 10.1. The van der Waals surface area contributed by atoms with E-state index in [2.05, 4.69) is 13.2 Å². The third-order valence-electron chi connectivity index (χ3n) is 4.77. The van der Waals surface area contributed by atoms with Crippen LogP contribution in [0.2, 0.25) is 0 Å². The molecule has 0 heterocycles. The molecule has 7 heteroatoms. The van der Waals surface area contributed by atoms with Crippen LogP contribution in [0.15, 0.2) is 55.6 Å². The number of phenols is 1. The standard InChI is InChI=1S/C25H28O7/c1-6-11-31-17-14-19(18(8-3)25(28)30-5)23(22(15-17)32-12-7-2)24(27)16-9-10-21(29-4)20(26)13-16/h6-7,9-10,13-15,18,26H,1-2,8,11-12H2,3-5H3. The number of ketones is 1. The number of rotatable bonds is 12. The zero-order valence-corrected chi connectivity index (χ0v) is 18.6. The number of hydrogen-bond acceptors (Lipinski definition) is 7. The summed E-state index contributed by atoms with van der Waals surface area (Å²) in [5, 5.41) is 10.2. The molecule has 2 aromatic rings. The first-order valence-electron chi connectivity index (χ1n) is 10.1. The number of hydrogen-bond donors (Lipinski definition) is 1. The van der Waals surface area contributed by atoms with Crippen LogP contribution < -0.4 is 14.2 Å². The molecule has 1 unspecified atom stereocenters. The van der Waals surface area contributed by atoms with Gasteiger partial charge in [0.05, 0.1) is 25.7 Å². The summed E-state index contributed by atoms with van der Waals surface area (Å²) >= 11 is 0. The van der Waals surface area contributed by atoms with Gasteiger partial charge in [0.1, 0.15) is 24.7 Å². The summed E-state index contributed by atoms with van der Waals surface area (Å²) in [6, 6.07) is 7.54. The van der Waals surface area contributed by atoms with Crippen molar-refractivity contribution in [1.29, 1.82) is 0 Å². The summed E-state index contributed by atoms with van der Waals surface area (Å²) in [5.41, 5.74) is 0.785. The fourth-order valence-corrected chi connectivity index (χ4v) is 3.26. The Morgan fingerprint density at radius 2 is 1.72 bits per heavy atom. The SMILES string of the molecule is C=CCOc1cc(OCC=C)c(C(=O)c2ccc(OC)c(O)c2)c(C(CC)C(=O)OC)c1. The normalized spacial score (nSPS) is 11.2. The van der Waals surface area contributed by atoms with Gasteiger partial charge in [0.25, 0.3) is 0 Å². The second kappa shape index (κ2) is 11.6. The molecule has 0 bridgehead atoms. The van der Waals surface area contributed by atoms with E-state index in [0.29, 0.717) is 17.7 Å². The number of benzene rings is 2. The molecule has 32 heavy (non-hydrogen) atoms. The molecule has 0 fully saturated rings. The van der Waals surface area contributed by atoms with Crippen molar-refractivity contribution < 1.29 is 33.6 Å². The third kappa shape index (κ3) is 5.49. The second-order valence-electron chi connectivity index (χ2n) is 6.78. The van der Waals surface area contributed by atoms with Gasteiger partial charge in [0.15, 0.2) is 17.3 Å². The molecule has 0 aliphatic carbocycles. The summed E-state index contributed by atoms with van der Waals surface area (Å²) < 4.78 is 21.5. The van der Waals surface area contributed by atoms with Gasteiger partial charge in [-0.2, -0.15) is 0 Å². The van der Waals surface area contributed by atoms with Crippen LogP contribution in [0.5, 0.6) is 23.0 Å². The molecule has 2 rings (SSSR count). The van der Waals surface area contributed by atoms with Crippen LogP contribution in [0, 0.1) is 0 Å². The highest BCUT2D eigenvalue weighted by molar-refractivity contribution is 6.12. The molecule has 1 N–H and O–H groups in total. The summed E-state index contributed by atoms with van der Waals surface area (Å²) in [6.45, 7) is 9.47. The van der Waals surface area contributed by atoms with Crippen LogP contribution in [-0.2, 0) is 9.53 Å². The maximum Gasteiger partial charge on any atom is 0.313 e. The molecule has 0 saturated heterocycles. The van der Waals surface area contributed by atoms with Gasteiger partial charge in [-0.15, -0.1) is 0 Å². The van der Waals surface area contributed by atoms with Crippen molar-refractivity contribution >= 4 is 11.8 Å². The van der Waals surface area contributed by atoms with Crippen molar-refractivity contribution in [2.45, 2.75) is 19.3 Å². The highest BCUT2D eigenvalue weighted by Gasteiger charge is 2.30. The topological polar surface area (TPSA) is 91.3 Å². The summed E-state index contributed by atoms with van der Waals surface area (Å²) in [5.74, 6) is -0.966. The third-order valence-corrected chi connectivity index (χ3v) is 4.77. The molecule has 170 valence electrons. The first kappa shape index (κ1) is 24.5. The number of carbonyl (C=O) groups excluding carboxylic acids is 2. The Bertz CT molecular complexity index is 994. The predicted molar refractivity (Wildman–Crippen MR) is 121 cm³/mol. The lowest BCUT2D eigenvalue weighted by Crippen LogP contribution is -2.19. The molecule has 0 aliphatic heterocycles. The fraction of sp³-hybridized carbons (Fsp3) is 0.280. The predicted octanol–water partition coefficient (Wildman–Crippen LogP) is 4.43. The van der Waals surface area contributed by atoms with Crippen LogP contribution >= 0.6 is 0 Å². The first-order chi connectivity index (χ1) is 15.4. The number of ether oxygens (including phenoxy) is 4. The van der Waals surface area contributed by atoms with Crippen molar-refractivity contribution in [2.24, 2.45) is 0 Å². The maximum absolute atomic E-state index is 13.6. The molecular formula is C25H28O7. The highest BCUT2D eigenvalue weighted by Crippen LogP contribution is 2.38. The zero-order valence-electron chi connectivity index (χ0n) is 18.6. The van der Waals surface area contributed by atoms with E-state index in [0.717, 1.165) is 0 Å². The lowest BCUT2D eigenvalue weighted by Gasteiger charge is -2.21. The minimum absolute atomic E-state index is 0.132. The Kier molecular flexibility index (Phi) is 8.89. The van der Waals surface area contributed by atoms with Gasteiger partial charge < -0.3 is 24.1 Å². The summed E-state index contributed by atoms with van der Waals surface area (Å²) in [6.07, 6.45) is 3.51. The highest BCUT2D eigenvalue weighted by atomic mass is 16.5. The van der Waals surface area contributed by atoms with Crippen molar-refractivity contribution in [3.8, 4) is 23.0 Å². The fourth-order valence-electron chi connectivity index (χ4n) is 3.26. The van der Waals surface area contributed by atoms with Gasteiger partial charge in [0.2, 0.25) is 0 Å². The molecule has 0 radical (unpaired) electrons. The van der Waals surface area contributed by atoms with E-state index in [1.165, 1.54) is 32.4 Å². The molecule has 7 nitrogen and oxygen atoms in total. The van der Waals surface area contributed by atoms with Crippen LogP contribution in [0.1, 0.15) is 40.7 Å². The van der Waals surface area contributed by atoms with Gasteiger partial charge in [-0.25, -0.2) is 0 Å². The van der Waals surface area contributed by atoms with E-state index in [1.54, 1.807) is 24.3 Å². The van der Waals surface area contributed by atoms with E-state index in [4.69, 9.17) is 18.9 Å². The quantitative estimate of drug-likeness (QED) is 0.297. The molecule has 0 amide bonds. The van der Waals surface area contributed by atoms with Gasteiger partial charge in [-0.3, -0.25) is 9.59 Å². The molecule has 0 saturated carbocycles. The Morgan fingerprint density at radius 1 is 1.03 bits per heavy atom. The molecule has 0 spiro atoms. The van der Waals surface area contributed by atoms with E-state index >= 15 is 0 Å². The molecule has 2 aromatic carbocycles. The van der Waals surface area contributed by atoms with E-state index in [9.17, 15) is 14.7 Å². The minimum atomic E-state index is -0.732. The van der Waals surface area contributed by atoms with Crippen LogP contribution in [0.4, 0.5) is 0 Å². The number of esters is 1.